The number of ether oxygens (including phenoxy) is 3. The lowest BCUT2D eigenvalue weighted by Crippen LogP contribution is -2.30. The number of benzene rings is 2. The average molecular weight is 482 g/mol. The SMILES string of the molecule is COc1ccc(CCN2CC(C(=O)Nc3ccccc3OCc3cscn3)CC2=O)cc1OC. The van der Waals surface area contributed by atoms with Gasteiger partial charge in [0.15, 0.2) is 11.5 Å². The molecule has 1 fully saturated rings. The fourth-order valence-corrected chi connectivity index (χ4v) is 4.40. The number of carbonyl (C=O) groups is 2. The lowest BCUT2D eigenvalue weighted by Gasteiger charge is -2.18. The summed E-state index contributed by atoms with van der Waals surface area (Å²) in [6.07, 6.45) is 0.855. The van der Waals surface area contributed by atoms with E-state index in [1.165, 1.54) is 11.3 Å². The normalized spacial score (nSPS) is 15.3. The van der Waals surface area contributed by atoms with Gasteiger partial charge in [-0.1, -0.05) is 18.2 Å². The van der Waals surface area contributed by atoms with Crippen molar-refractivity contribution in [2.24, 2.45) is 5.92 Å². The number of rotatable bonds is 10. The van der Waals surface area contributed by atoms with Gasteiger partial charge in [-0.25, -0.2) is 4.98 Å². The minimum Gasteiger partial charge on any atom is -0.493 e. The first-order valence-corrected chi connectivity index (χ1v) is 11.9. The Bertz CT molecular complexity index is 1140. The molecule has 1 aromatic heterocycles. The maximum absolute atomic E-state index is 12.9. The lowest BCUT2D eigenvalue weighted by molar-refractivity contribution is -0.128. The van der Waals surface area contributed by atoms with Gasteiger partial charge in [-0.05, 0) is 36.2 Å². The number of amides is 2. The van der Waals surface area contributed by atoms with Gasteiger partial charge in [-0.3, -0.25) is 9.59 Å². The molecule has 3 aromatic rings. The summed E-state index contributed by atoms with van der Waals surface area (Å²) in [5.41, 5.74) is 4.20. The summed E-state index contributed by atoms with van der Waals surface area (Å²) in [5.74, 6) is 1.26. The van der Waals surface area contributed by atoms with Crippen LogP contribution < -0.4 is 19.5 Å². The number of nitrogens with zero attached hydrogens (tertiary/aromatic N) is 2. The summed E-state index contributed by atoms with van der Waals surface area (Å²) in [5, 5.41) is 4.85. The van der Waals surface area contributed by atoms with Crippen molar-refractivity contribution in [1.29, 1.82) is 0 Å². The van der Waals surface area contributed by atoms with E-state index in [9.17, 15) is 9.59 Å². The maximum Gasteiger partial charge on any atom is 0.229 e. The first-order valence-electron chi connectivity index (χ1n) is 11.0. The molecule has 0 aliphatic carbocycles. The standard InChI is InChI=1S/C25H27N3O5S/c1-31-22-8-7-17(11-23(22)32-2)9-10-28-13-18(12-24(28)29)25(30)27-20-5-3-4-6-21(20)33-14-19-15-34-16-26-19/h3-8,11,15-16,18H,9-10,12-14H2,1-2H3,(H,27,30). The summed E-state index contributed by atoms with van der Waals surface area (Å²) in [6, 6.07) is 13.0. The van der Waals surface area contributed by atoms with E-state index < -0.39 is 5.92 Å². The van der Waals surface area contributed by atoms with Crippen LogP contribution in [0.3, 0.4) is 0 Å². The molecule has 9 heteroatoms. The Labute approximate surface area is 202 Å². The van der Waals surface area contributed by atoms with E-state index >= 15 is 0 Å². The number of thiazole rings is 1. The molecule has 1 unspecified atom stereocenters. The zero-order valence-electron chi connectivity index (χ0n) is 19.2. The van der Waals surface area contributed by atoms with E-state index in [4.69, 9.17) is 14.2 Å². The third kappa shape index (κ3) is 5.66. The Hall–Kier alpha value is -3.59. The van der Waals surface area contributed by atoms with Crippen LogP contribution >= 0.6 is 11.3 Å². The van der Waals surface area contributed by atoms with E-state index in [1.807, 2.05) is 35.7 Å². The van der Waals surface area contributed by atoms with Crippen molar-refractivity contribution in [3.63, 3.8) is 0 Å². The Kier molecular flexibility index (Phi) is 7.64. The second kappa shape index (κ2) is 11.0. The summed E-state index contributed by atoms with van der Waals surface area (Å²) >= 11 is 1.50. The second-order valence-electron chi connectivity index (χ2n) is 7.93. The highest BCUT2D eigenvalue weighted by Crippen LogP contribution is 2.29. The Morgan fingerprint density at radius 2 is 1.97 bits per heavy atom. The van der Waals surface area contributed by atoms with Crippen LogP contribution in [0.4, 0.5) is 5.69 Å². The topological polar surface area (TPSA) is 90.0 Å². The molecular weight excluding hydrogens is 454 g/mol. The molecule has 178 valence electrons. The number of para-hydroxylation sites is 2. The molecule has 2 heterocycles. The van der Waals surface area contributed by atoms with Gasteiger partial charge in [0, 0.05) is 24.9 Å². The monoisotopic (exact) mass is 481 g/mol. The molecule has 2 aromatic carbocycles. The molecule has 0 saturated carbocycles. The number of aromatic nitrogens is 1. The van der Waals surface area contributed by atoms with E-state index in [-0.39, 0.29) is 18.2 Å². The molecule has 0 radical (unpaired) electrons. The number of likely N-dealkylation sites (tertiary alicyclic amines) is 1. The molecule has 2 amide bonds. The minimum absolute atomic E-state index is 0.0197. The van der Waals surface area contributed by atoms with Gasteiger partial charge in [0.05, 0.1) is 37.0 Å². The number of carbonyl (C=O) groups excluding carboxylic acids is 2. The van der Waals surface area contributed by atoms with Crippen molar-refractivity contribution in [3.05, 3.63) is 64.6 Å². The van der Waals surface area contributed by atoms with Gasteiger partial charge in [-0.2, -0.15) is 0 Å². The molecule has 1 atom stereocenters. The molecule has 8 nitrogen and oxygen atoms in total. The van der Waals surface area contributed by atoms with E-state index in [0.717, 1.165) is 11.3 Å². The van der Waals surface area contributed by atoms with Crippen molar-refractivity contribution >= 4 is 28.8 Å². The number of anilines is 1. The zero-order chi connectivity index (χ0) is 23.9. The van der Waals surface area contributed by atoms with Crippen molar-refractivity contribution in [2.75, 3.05) is 32.6 Å². The minimum atomic E-state index is -0.412. The molecule has 34 heavy (non-hydrogen) atoms. The number of methoxy groups -OCH3 is 2. The predicted octanol–water partition coefficient (Wildman–Crippen LogP) is 3.77. The van der Waals surface area contributed by atoms with Crippen molar-refractivity contribution < 1.29 is 23.8 Å². The van der Waals surface area contributed by atoms with Crippen molar-refractivity contribution in [3.8, 4) is 17.2 Å². The van der Waals surface area contributed by atoms with Crippen LogP contribution in [0.15, 0.2) is 53.4 Å². The summed E-state index contributed by atoms with van der Waals surface area (Å²) < 4.78 is 16.5. The molecule has 0 bridgehead atoms. The molecular formula is C25H27N3O5S. The van der Waals surface area contributed by atoms with Gasteiger partial charge in [0.2, 0.25) is 11.8 Å². The molecule has 0 spiro atoms. The fourth-order valence-electron chi connectivity index (χ4n) is 3.86. The Morgan fingerprint density at radius 1 is 1.15 bits per heavy atom. The highest BCUT2D eigenvalue weighted by Gasteiger charge is 2.34. The first kappa shape index (κ1) is 23.6. The zero-order valence-corrected chi connectivity index (χ0v) is 20.0. The van der Waals surface area contributed by atoms with Crippen LogP contribution in [0.25, 0.3) is 0 Å². The first-order chi connectivity index (χ1) is 16.6. The Balaban J connectivity index is 1.33. The largest absolute Gasteiger partial charge is 0.493 e. The highest BCUT2D eigenvalue weighted by molar-refractivity contribution is 7.07. The quantitative estimate of drug-likeness (QED) is 0.474. The molecule has 1 aliphatic rings. The third-order valence-corrected chi connectivity index (χ3v) is 6.34. The van der Waals surface area contributed by atoms with Crippen LogP contribution in [0.2, 0.25) is 0 Å². The van der Waals surface area contributed by atoms with Crippen LogP contribution in [0.1, 0.15) is 17.7 Å². The lowest BCUT2D eigenvalue weighted by atomic mass is 10.1. The van der Waals surface area contributed by atoms with E-state index in [2.05, 4.69) is 10.3 Å². The van der Waals surface area contributed by atoms with Crippen LogP contribution in [-0.4, -0.2) is 49.0 Å². The smallest absolute Gasteiger partial charge is 0.229 e. The molecule has 1 N–H and O–H groups in total. The van der Waals surface area contributed by atoms with Crippen molar-refractivity contribution in [2.45, 2.75) is 19.4 Å². The number of nitrogens with one attached hydrogen (secondary N) is 1. The molecule has 4 rings (SSSR count). The molecule has 1 aliphatic heterocycles. The summed E-state index contributed by atoms with van der Waals surface area (Å²) in [4.78, 5) is 31.4. The number of hydrogen-bond acceptors (Lipinski definition) is 7. The maximum atomic E-state index is 12.9. The van der Waals surface area contributed by atoms with E-state index in [1.54, 1.807) is 36.8 Å². The van der Waals surface area contributed by atoms with Crippen LogP contribution in [0, 0.1) is 5.92 Å². The molecule has 1 saturated heterocycles. The van der Waals surface area contributed by atoms with Gasteiger partial charge in [0.1, 0.15) is 12.4 Å². The second-order valence-corrected chi connectivity index (χ2v) is 8.65. The van der Waals surface area contributed by atoms with Crippen LogP contribution in [0.5, 0.6) is 17.2 Å². The van der Waals surface area contributed by atoms with E-state index in [0.29, 0.717) is 49.1 Å². The predicted molar refractivity (Wildman–Crippen MR) is 129 cm³/mol. The Morgan fingerprint density at radius 3 is 2.74 bits per heavy atom. The summed E-state index contributed by atoms with van der Waals surface area (Å²) in [6.45, 7) is 1.24. The van der Waals surface area contributed by atoms with Gasteiger partial charge in [0.25, 0.3) is 0 Å². The number of hydrogen-bond donors (Lipinski definition) is 1. The fraction of sp³-hybridized carbons (Fsp3) is 0.320. The van der Waals surface area contributed by atoms with Crippen molar-refractivity contribution in [1.82, 2.24) is 9.88 Å². The summed E-state index contributed by atoms with van der Waals surface area (Å²) in [7, 11) is 3.19. The van der Waals surface area contributed by atoms with Gasteiger partial charge in [-0.15, -0.1) is 11.3 Å². The van der Waals surface area contributed by atoms with Crippen LogP contribution in [-0.2, 0) is 22.6 Å². The third-order valence-electron chi connectivity index (χ3n) is 5.71. The average Bonchev–Trinajstić information content (AvgIpc) is 3.51. The van der Waals surface area contributed by atoms with Gasteiger partial charge < -0.3 is 24.4 Å². The highest BCUT2D eigenvalue weighted by atomic mass is 32.1. The van der Waals surface area contributed by atoms with Gasteiger partial charge >= 0.3 is 0 Å².